The number of anilines is 1. The molecule has 1 aliphatic rings. The van der Waals surface area contributed by atoms with Gasteiger partial charge in [-0.2, -0.15) is 0 Å². The molecule has 3 N–H and O–H groups in total. The minimum Gasteiger partial charge on any atom is -0.399 e. The number of amides is 1. The van der Waals surface area contributed by atoms with E-state index in [9.17, 15) is 9.18 Å². The van der Waals surface area contributed by atoms with Crippen molar-refractivity contribution in [2.24, 2.45) is 5.41 Å². The highest BCUT2D eigenvalue weighted by Crippen LogP contribution is 2.39. The molecule has 1 saturated carbocycles. The number of nitrogens with two attached hydrogens (primary N) is 1. The molecule has 1 aromatic rings. The van der Waals surface area contributed by atoms with Crippen LogP contribution in [-0.2, 0) is 0 Å². The number of benzene rings is 1. The first kappa shape index (κ1) is 11.9. The maximum Gasteiger partial charge on any atom is 0.254 e. The van der Waals surface area contributed by atoms with E-state index in [1.807, 2.05) is 0 Å². The Morgan fingerprint density at radius 3 is 2.76 bits per heavy atom. The van der Waals surface area contributed by atoms with Crippen LogP contribution in [0.1, 0.15) is 36.5 Å². The summed E-state index contributed by atoms with van der Waals surface area (Å²) in [5.74, 6) is -0.933. The number of nitrogen functional groups attached to an aromatic ring is 1. The van der Waals surface area contributed by atoms with E-state index in [0.717, 1.165) is 12.8 Å². The number of carbonyl (C=O) groups excluding carboxylic acids is 1. The first-order chi connectivity index (χ1) is 8.00. The lowest BCUT2D eigenvalue weighted by atomic mass is 9.70. The Labute approximate surface area is 100 Å². The lowest BCUT2D eigenvalue weighted by molar-refractivity contribution is 0.0887. The van der Waals surface area contributed by atoms with Gasteiger partial charge < -0.3 is 11.1 Å². The number of carbonyl (C=O) groups is 1. The van der Waals surface area contributed by atoms with Gasteiger partial charge >= 0.3 is 0 Å². The number of nitrogens with one attached hydrogen (secondary N) is 1. The number of rotatable bonds is 3. The highest BCUT2D eigenvalue weighted by molar-refractivity contribution is 5.94. The summed E-state index contributed by atoms with van der Waals surface area (Å²) in [5.41, 5.74) is 6.01. The van der Waals surface area contributed by atoms with E-state index in [0.29, 0.717) is 12.2 Å². The Hall–Kier alpha value is -1.58. The number of hydrogen-bond donors (Lipinski definition) is 2. The molecule has 1 aromatic carbocycles. The quantitative estimate of drug-likeness (QED) is 0.791. The van der Waals surface area contributed by atoms with Crippen LogP contribution in [-0.4, -0.2) is 12.5 Å². The van der Waals surface area contributed by atoms with E-state index in [4.69, 9.17) is 5.73 Å². The van der Waals surface area contributed by atoms with E-state index in [1.165, 1.54) is 24.6 Å². The maximum absolute atomic E-state index is 13.5. The van der Waals surface area contributed by atoms with Gasteiger partial charge in [0.2, 0.25) is 0 Å². The zero-order valence-electron chi connectivity index (χ0n) is 9.92. The summed E-state index contributed by atoms with van der Waals surface area (Å²) < 4.78 is 13.5. The topological polar surface area (TPSA) is 55.1 Å². The smallest absolute Gasteiger partial charge is 0.254 e. The number of halogens is 1. The molecule has 0 aromatic heterocycles. The van der Waals surface area contributed by atoms with Gasteiger partial charge in [-0.1, -0.05) is 13.3 Å². The van der Waals surface area contributed by atoms with Crippen LogP contribution >= 0.6 is 0 Å². The molecule has 92 valence electrons. The van der Waals surface area contributed by atoms with Crippen molar-refractivity contribution < 1.29 is 9.18 Å². The fraction of sp³-hybridized carbons (Fsp3) is 0.462. The minimum absolute atomic E-state index is 0.0575. The molecule has 17 heavy (non-hydrogen) atoms. The first-order valence-electron chi connectivity index (χ1n) is 5.83. The van der Waals surface area contributed by atoms with Crippen molar-refractivity contribution in [2.75, 3.05) is 12.3 Å². The van der Waals surface area contributed by atoms with Crippen molar-refractivity contribution in [3.05, 3.63) is 29.6 Å². The molecule has 1 fully saturated rings. The molecule has 0 unspecified atom stereocenters. The Bertz CT molecular complexity index is 441. The predicted octanol–water partition coefficient (Wildman–Crippen LogP) is 2.33. The van der Waals surface area contributed by atoms with Crippen LogP contribution in [0.5, 0.6) is 0 Å². The molecule has 0 spiro atoms. The average Bonchev–Trinajstić information content (AvgIpc) is 2.23. The summed E-state index contributed by atoms with van der Waals surface area (Å²) in [5, 5.41) is 2.78. The van der Waals surface area contributed by atoms with Gasteiger partial charge in [-0.3, -0.25) is 4.79 Å². The largest absolute Gasteiger partial charge is 0.399 e. The highest BCUT2D eigenvalue weighted by atomic mass is 19.1. The zero-order valence-corrected chi connectivity index (χ0v) is 9.92. The summed E-state index contributed by atoms with van der Waals surface area (Å²) in [7, 11) is 0. The molecule has 4 heteroatoms. The summed E-state index contributed by atoms with van der Waals surface area (Å²) in [6.07, 6.45) is 3.46. The second-order valence-corrected chi connectivity index (χ2v) is 5.09. The predicted molar refractivity (Wildman–Crippen MR) is 65.1 cm³/mol. The lowest BCUT2D eigenvalue weighted by Gasteiger charge is -2.38. The van der Waals surface area contributed by atoms with Gasteiger partial charge in [-0.25, -0.2) is 4.39 Å². The molecule has 0 radical (unpaired) electrons. The van der Waals surface area contributed by atoms with Gasteiger partial charge in [0.05, 0.1) is 5.56 Å². The lowest BCUT2D eigenvalue weighted by Crippen LogP contribution is -2.40. The van der Waals surface area contributed by atoms with E-state index in [-0.39, 0.29) is 16.9 Å². The van der Waals surface area contributed by atoms with Crippen LogP contribution < -0.4 is 11.1 Å². The Balaban J connectivity index is 1.99. The molecule has 0 atom stereocenters. The molecular weight excluding hydrogens is 219 g/mol. The van der Waals surface area contributed by atoms with Crippen LogP contribution in [0.2, 0.25) is 0 Å². The van der Waals surface area contributed by atoms with Crippen molar-refractivity contribution in [3.63, 3.8) is 0 Å². The molecular formula is C13H17FN2O. The molecule has 3 nitrogen and oxygen atoms in total. The molecule has 1 amide bonds. The van der Waals surface area contributed by atoms with Crippen LogP contribution in [0.4, 0.5) is 10.1 Å². The summed E-state index contributed by atoms with van der Waals surface area (Å²) in [4.78, 5) is 11.8. The van der Waals surface area contributed by atoms with E-state index in [1.54, 1.807) is 0 Å². The van der Waals surface area contributed by atoms with Gasteiger partial charge in [-0.15, -0.1) is 0 Å². The monoisotopic (exact) mass is 236 g/mol. The second-order valence-electron chi connectivity index (χ2n) is 5.09. The van der Waals surface area contributed by atoms with Gasteiger partial charge in [-0.05, 0) is 36.5 Å². The first-order valence-corrected chi connectivity index (χ1v) is 5.83. The van der Waals surface area contributed by atoms with E-state index >= 15 is 0 Å². The SMILES string of the molecule is CC1(CNC(=O)c2ccc(N)cc2F)CCC1. The van der Waals surface area contributed by atoms with Gasteiger partial charge in [0, 0.05) is 12.2 Å². The van der Waals surface area contributed by atoms with Gasteiger partial charge in [0.15, 0.2) is 0 Å². The summed E-state index contributed by atoms with van der Waals surface area (Å²) >= 11 is 0. The molecule has 0 heterocycles. The van der Waals surface area contributed by atoms with Crippen LogP contribution in [0.25, 0.3) is 0 Å². The fourth-order valence-electron chi connectivity index (χ4n) is 2.06. The molecule has 2 rings (SSSR count). The van der Waals surface area contributed by atoms with Gasteiger partial charge in [0.25, 0.3) is 5.91 Å². The molecule has 0 aliphatic heterocycles. The third kappa shape index (κ3) is 2.57. The van der Waals surface area contributed by atoms with E-state index < -0.39 is 5.82 Å². The van der Waals surface area contributed by atoms with Crippen LogP contribution in [0.3, 0.4) is 0 Å². The Morgan fingerprint density at radius 1 is 1.53 bits per heavy atom. The third-order valence-corrected chi connectivity index (χ3v) is 3.47. The zero-order chi connectivity index (χ0) is 12.5. The van der Waals surface area contributed by atoms with Crippen LogP contribution in [0.15, 0.2) is 18.2 Å². The molecule has 0 bridgehead atoms. The summed E-state index contributed by atoms with van der Waals surface area (Å²) in [6.45, 7) is 2.74. The second kappa shape index (κ2) is 4.35. The third-order valence-electron chi connectivity index (χ3n) is 3.47. The van der Waals surface area contributed by atoms with Crippen molar-refractivity contribution in [1.29, 1.82) is 0 Å². The maximum atomic E-state index is 13.5. The number of hydrogen-bond acceptors (Lipinski definition) is 2. The molecule has 1 aliphatic carbocycles. The van der Waals surface area contributed by atoms with Crippen molar-refractivity contribution in [1.82, 2.24) is 5.32 Å². The molecule has 0 saturated heterocycles. The minimum atomic E-state index is -0.568. The summed E-state index contributed by atoms with van der Waals surface area (Å²) in [6, 6.07) is 4.12. The van der Waals surface area contributed by atoms with Crippen LogP contribution in [0, 0.1) is 11.2 Å². The van der Waals surface area contributed by atoms with Gasteiger partial charge in [0.1, 0.15) is 5.82 Å². The Morgan fingerprint density at radius 2 is 2.24 bits per heavy atom. The van der Waals surface area contributed by atoms with Crippen molar-refractivity contribution in [2.45, 2.75) is 26.2 Å². The highest BCUT2D eigenvalue weighted by Gasteiger charge is 2.32. The average molecular weight is 236 g/mol. The van der Waals surface area contributed by atoms with Crippen molar-refractivity contribution >= 4 is 11.6 Å². The normalized spacial score (nSPS) is 17.3. The van der Waals surface area contributed by atoms with Crippen molar-refractivity contribution in [3.8, 4) is 0 Å². The Kier molecular flexibility index (Phi) is 3.05. The standard InChI is InChI=1S/C13H17FN2O/c1-13(5-2-6-13)8-16-12(17)10-4-3-9(15)7-11(10)14/h3-4,7H,2,5-6,8,15H2,1H3,(H,16,17). The fourth-order valence-corrected chi connectivity index (χ4v) is 2.06. The van der Waals surface area contributed by atoms with E-state index in [2.05, 4.69) is 12.2 Å².